The van der Waals surface area contributed by atoms with Crippen molar-refractivity contribution in [2.75, 3.05) is 19.7 Å². The lowest BCUT2D eigenvalue weighted by molar-refractivity contribution is -0.126. The summed E-state index contributed by atoms with van der Waals surface area (Å²) >= 11 is 6.17. The molecule has 1 saturated heterocycles. The Hall–Kier alpha value is -2.09. The molecular weight excluding hydrogens is 424 g/mol. The molecule has 1 N–H and O–H groups in total. The fourth-order valence-corrected chi connectivity index (χ4v) is 5.33. The Bertz CT molecular complexity index is 993. The fourth-order valence-electron chi connectivity index (χ4n) is 3.48. The zero-order chi connectivity index (χ0) is 21.7. The molecule has 1 fully saturated rings. The molecule has 2 aromatic rings. The van der Waals surface area contributed by atoms with Crippen molar-refractivity contribution in [2.45, 2.75) is 38.1 Å². The second-order valence-corrected chi connectivity index (χ2v) is 9.78. The summed E-state index contributed by atoms with van der Waals surface area (Å²) in [6, 6.07) is 12.4. The van der Waals surface area contributed by atoms with Gasteiger partial charge in [0.25, 0.3) is 0 Å². The van der Waals surface area contributed by atoms with Gasteiger partial charge in [-0.05, 0) is 50.5 Å². The van der Waals surface area contributed by atoms with Gasteiger partial charge in [0.1, 0.15) is 5.75 Å². The molecule has 0 radical (unpaired) electrons. The van der Waals surface area contributed by atoms with Crippen LogP contribution in [0, 0.1) is 12.8 Å². The van der Waals surface area contributed by atoms with Gasteiger partial charge in [0.2, 0.25) is 15.9 Å². The van der Waals surface area contributed by atoms with Crippen LogP contribution in [0.25, 0.3) is 0 Å². The van der Waals surface area contributed by atoms with Crippen LogP contribution < -0.4 is 10.1 Å². The average molecular weight is 451 g/mol. The molecule has 0 aliphatic carbocycles. The number of rotatable bonds is 7. The molecule has 2 aromatic carbocycles. The number of nitrogens with one attached hydrogen (secondary N) is 1. The van der Waals surface area contributed by atoms with Gasteiger partial charge >= 0.3 is 0 Å². The maximum atomic E-state index is 13.1. The number of aryl methyl sites for hydroxylation is 1. The topological polar surface area (TPSA) is 75.7 Å². The van der Waals surface area contributed by atoms with Gasteiger partial charge in [-0.2, -0.15) is 4.31 Å². The molecule has 0 bridgehead atoms. The number of hydrogen-bond acceptors (Lipinski definition) is 4. The van der Waals surface area contributed by atoms with E-state index in [0.29, 0.717) is 38.3 Å². The largest absolute Gasteiger partial charge is 0.492 e. The third-order valence-corrected chi connectivity index (χ3v) is 7.34. The Labute approximate surface area is 183 Å². The van der Waals surface area contributed by atoms with Crippen molar-refractivity contribution in [3.63, 3.8) is 0 Å². The van der Waals surface area contributed by atoms with E-state index < -0.39 is 10.0 Å². The molecule has 162 valence electrons. The summed E-state index contributed by atoms with van der Waals surface area (Å²) in [4.78, 5) is 12.8. The number of carbonyl (C=O) groups excluding carboxylic acids is 1. The predicted octanol–water partition coefficient (Wildman–Crippen LogP) is 3.76. The van der Waals surface area contributed by atoms with Gasteiger partial charge in [0, 0.05) is 19.6 Å². The first-order valence-corrected chi connectivity index (χ1v) is 11.9. The van der Waals surface area contributed by atoms with E-state index >= 15 is 0 Å². The quantitative estimate of drug-likeness (QED) is 0.696. The molecule has 0 unspecified atom stereocenters. The van der Waals surface area contributed by atoms with E-state index in [9.17, 15) is 13.2 Å². The molecular formula is C22H27ClN2O4S. The van der Waals surface area contributed by atoms with E-state index in [2.05, 4.69) is 5.32 Å². The summed E-state index contributed by atoms with van der Waals surface area (Å²) < 4.78 is 32.9. The van der Waals surface area contributed by atoms with E-state index in [0.717, 1.165) is 11.1 Å². The lowest BCUT2D eigenvalue weighted by atomic mass is 9.98. The minimum atomic E-state index is -3.74. The molecule has 1 amide bonds. The van der Waals surface area contributed by atoms with Crippen molar-refractivity contribution < 1.29 is 17.9 Å². The highest BCUT2D eigenvalue weighted by atomic mass is 35.5. The molecule has 0 saturated carbocycles. The zero-order valence-electron chi connectivity index (χ0n) is 17.2. The van der Waals surface area contributed by atoms with Crippen molar-refractivity contribution in [1.82, 2.24) is 9.62 Å². The summed E-state index contributed by atoms with van der Waals surface area (Å²) in [5.41, 5.74) is 2.17. The van der Waals surface area contributed by atoms with Crippen LogP contribution in [0.3, 0.4) is 0 Å². The first kappa shape index (κ1) is 22.6. The Morgan fingerprint density at radius 2 is 1.97 bits per heavy atom. The average Bonchev–Trinajstić information content (AvgIpc) is 2.74. The van der Waals surface area contributed by atoms with E-state index in [1.165, 1.54) is 16.4 Å². The van der Waals surface area contributed by atoms with E-state index in [1.807, 2.05) is 38.1 Å². The van der Waals surface area contributed by atoms with Crippen molar-refractivity contribution in [2.24, 2.45) is 5.92 Å². The van der Waals surface area contributed by atoms with Crippen LogP contribution in [0.2, 0.25) is 5.02 Å². The van der Waals surface area contributed by atoms with Crippen molar-refractivity contribution >= 4 is 27.5 Å². The number of piperidine rings is 1. The number of carbonyl (C=O) groups is 1. The molecule has 6 nitrogen and oxygen atoms in total. The molecule has 1 aliphatic rings. The van der Waals surface area contributed by atoms with Gasteiger partial charge in [-0.1, -0.05) is 41.4 Å². The SMILES string of the molecule is CCOc1ccc(S(=O)(=O)N2CCC[C@H](C(=O)NCc3ccc(C)cc3)C2)cc1Cl. The number of ether oxygens (including phenoxy) is 1. The summed E-state index contributed by atoms with van der Waals surface area (Å²) in [5.74, 6) is -0.0533. The van der Waals surface area contributed by atoms with E-state index in [1.54, 1.807) is 6.07 Å². The summed E-state index contributed by atoms with van der Waals surface area (Å²) in [6.45, 7) is 5.26. The standard InChI is InChI=1S/C22H27ClN2O4S/c1-3-29-21-11-10-19(13-20(21)23)30(27,28)25-12-4-5-18(15-25)22(26)24-14-17-8-6-16(2)7-9-17/h6-11,13,18H,3-5,12,14-15H2,1-2H3,(H,24,26)/t18-/m0/s1. The van der Waals surface area contributed by atoms with Crippen molar-refractivity contribution in [3.05, 3.63) is 58.6 Å². The Kier molecular flexibility index (Phi) is 7.39. The Balaban J connectivity index is 1.66. The third kappa shape index (κ3) is 5.33. The van der Waals surface area contributed by atoms with Crippen LogP contribution in [0.1, 0.15) is 30.9 Å². The number of amides is 1. The van der Waals surface area contributed by atoms with E-state index in [-0.39, 0.29) is 28.3 Å². The lowest BCUT2D eigenvalue weighted by Crippen LogP contribution is -2.45. The van der Waals surface area contributed by atoms with Gasteiger partial charge in [0.05, 0.1) is 22.4 Å². The van der Waals surface area contributed by atoms with Crippen molar-refractivity contribution in [1.29, 1.82) is 0 Å². The summed E-state index contributed by atoms with van der Waals surface area (Å²) in [6.07, 6.45) is 1.29. The second-order valence-electron chi connectivity index (χ2n) is 7.43. The first-order chi connectivity index (χ1) is 14.3. The smallest absolute Gasteiger partial charge is 0.243 e. The Morgan fingerprint density at radius 1 is 1.23 bits per heavy atom. The van der Waals surface area contributed by atoms with Crippen molar-refractivity contribution in [3.8, 4) is 5.75 Å². The number of halogens is 1. The van der Waals surface area contributed by atoms with Gasteiger partial charge < -0.3 is 10.1 Å². The maximum Gasteiger partial charge on any atom is 0.243 e. The molecule has 0 spiro atoms. The number of benzene rings is 2. The van der Waals surface area contributed by atoms with Crippen LogP contribution in [0.4, 0.5) is 0 Å². The number of hydrogen-bond donors (Lipinski definition) is 1. The number of nitrogens with zero attached hydrogens (tertiary/aromatic N) is 1. The molecule has 1 atom stereocenters. The minimum absolute atomic E-state index is 0.108. The summed E-state index contributed by atoms with van der Waals surface area (Å²) in [7, 11) is -3.74. The van der Waals surface area contributed by atoms with Crippen LogP contribution in [0.5, 0.6) is 5.75 Å². The van der Waals surface area contributed by atoms with Crippen LogP contribution in [0.15, 0.2) is 47.4 Å². The van der Waals surface area contributed by atoms with Gasteiger partial charge in [0.15, 0.2) is 0 Å². The fraction of sp³-hybridized carbons (Fsp3) is 0.409. The van der Waals surface area contributed by atoms with Crippen LogP contribution in [-0.4, -0.2) is 38.3 Å². The monoisotopic (exact) mass is 450 g/mol. The normalized spacial score (nSPS) is 17.5. The maximum absolute atomic E-state index is 13.1. The highest BCUT2D eigenvalue weighted by Crippen LogP contribution is 2.30. The minimum Gasteiger partial charge on any atom is -0.492 e. The van der Waals surface area contributed by atoms with Gasteiger partial charge in [-0.25, -0.2) is 8.42 Å². The lowest BCUT2D eigenvalue weighted by Gasteiger charge is -2.31. The highest BCUT2D eigenvalue weighted by molar-refractivity contribution is 7.89. The second kappa shape index (κ2) is 9.81. The predicted molar refractivity (Wildman–Crippen MR) is 117 cm³/mol. The van der Waals surface area contributed by atoms with Gasteiger partial charge in [-0.15, -0.1) is 0 Å². The molecule has 3 rings (SSSR count). The Morgan fingerprint density at radius 3 is 2.63 bits per heavy atom. The summed E-state index contributed by atoms with van der Waals surface area (Å²) in [5, 5.41) is 3.18. The zero-order valence-corrected chi connectivity index (χ0v) is 18.8. The highest BCUT2D eigenvalue weighted by Gasteiger charge is 2.33. The molecule has 8 heteroatoms. The van der Waals surface area contributed by atoms with E-state index in [4.69, 9.17) is 16.3 Å². The molecule has 30 heavy (non-hydrogen) atoms. The van der Waals surface area contributed by atoms with Crippen LogP contribution in [-0.2, 0) is 21.4 Å². The third-order valence-electron chi connectivity index (χ3n) is 5.18. The molecule has 1 heterocycles. The van der Waals surface area contributed by atoms with Gasteiger partial charge in [-0.3, -0.25) is 4.79 Å². The number of sulfonamides is 1. The molecule has 0 aromatic heterocycles. The molecule has 1 aliphatic heterocycles. The first-order valence-electron chi connectivity index (χ1n) is 10.1. The van der Waals surface area contributed by atoms with Crippen LogP contribution >= 0.6 is 11.6 Å².